The number of nitrogens with zero attached hydrogens (tertiary/aromatic N) is 1. The molecule has 3 aromatic rings. The molecule has 0 saturated carbocycles. The third kappa shape index (κ3) is 1.68. The first-order valence-electron chi connectivity index (χ1n) is 6.22. The lowest BCUT2D eigenvalue weighted by atomic mass is 10.0. The van der Waals surface area contributed by atoms with E-state index in [1.54, 1.807) is 6.20 Å². The number of para-hydroxylation sites is 1. The van der Waals surface area contributed by atoms with Gasteiger partial charge in [-0.15, -0.1) is 0 Å². The first kappa shape index (κ1) is 11.7. The van der Waals surface area contributed by atoms with Crippen molar-refractivity contribution in [1.29, 1.82) is 0 Å². The Morgan fingerprint density at radius 3 is 2.84 bits per heavy atom. The number of carbonyl (C=O) groups is 1. The highest BCUT2D eigenvalue weighted by molar-refractivity contribution is 6.11. The number of H-pyrrole nitrogens is 1. The van der Waals surface area contributed by atoms with Gasteiger partial charge in [-0.3, -0.25) is 0 Å². The van der Waals surface area contributed by atoms with E-state index in [0.29, 0.717) is 5.69 Å². The number of pyridine rings is 1. The Labute approximate surface area is 110 Å². The molecule has 0 aliphatic rings. The lowest BCUT2D eigenvalue weighted by Crippen LogP contribution is -2.08. The van der Waals surface area contributed by atoms with E-state index in [1.165, 1.54) is 7.11 Å². The van der Waals surface area contributed by atoms with Crippen molar-refractivity contribution in [3.05, 3.63) is 41.7 Å². The van der Waals surface area contributed by atoms with E-state index in [0.717, 1.165) is 33.8 Å². The minimum absolute atomic E-state index is 0.385. The van der Waals surface area contributed by atoms with Gasteiger partial charge in [0.05, 0.1) is 18.8 Å². The number of methoxy groups -OCH3 is 1. The molecule has 4 heteroatoms. The molecule has 0 radical (unpaired) electrons. The molecule has 19 heavy (non-hydrogen) atoms. The van der Waals surface area contributed by atoms with Gasteiger partial charge < -0.3 is 9.72 Å². The number of esters is 1. The number of carbonyl (C=O) groups excluding carboxylic acids is 1. The number of hydrogen-bond donors (Lipinski definition) is 1. The number of ether oxygens (including phenoxy) is 1. The minimum atomic E-state index is -0.385. The lowest BCUT2D eigenvalue weighted by Gasteiger charge is -2.06. The van der Waals surface area contributed by atoms with Crippen molar-refractivity contribution in [2.45, 2.75) is 13.3 Å². The maximum atomic E-state index is 11.8. The number of nitrogens with one attached hydrogen (secondary N) is 1. The number of hydrogen-bond acceptors (Lipinski definition) is 3. The smallest absolute Gasteiger partial charge is 0.356 e. The molecular weight excluding hydrogens is 240 g/mol. The summed E-state index contributed by atoms with van der Waals surface area (Å²) < 4.78 is 4.80. The van der Waals surface area contributed by atoms with Gasteiger partial charge >= 0.3 is 5.97 Å². The van der Waals surface area contributed by atoms with Crippen LogP contribution in [0.1, 0.15) is 23.0 Å². The fraction of sp³-hybridized carbons (Fsp3) is 0.200. The molecule has 0 unspecified atom stereocenters. The second-order valence-corrected chi connectivity index (χ2v) is 4.39. The van der Waals surface area contributed by atoms with Gasteiger partial charge in [-0.1, -0.05) is 25.1 Å². The molecule has 0 aliphatic carbocycles. The molecule has 0 fully saturated rings. The second kappa shape index (κ2) is 4.39. The molecule has 2 heterocycles. The minimum Gasteiger partial charge on any atom is -0.464 e. The van der Waals surface area contributed by atoms with Crippen LogP contribution in [0.25, 0.3) is 21.8 Å². The number of aromatic nitrogens is 2. The largest absolute Gasteiger partial charge is 0.464 e. The number of benzene rings is 1. The van der Waals surface area contributed by atoms with Crippen LogP contribution in [0.15, 0.2) is 30.5 Å². The molecule has 96 valence electrons. The first-order chi connectivity index (χ1) is 9.26. The van der Waals surface area contributed by atoms with Crippen molar-refractivity contribution < 1.29 is 9.53 Å². The molecule has 0 aliphatic heterocycles. The molecule has 0 amide bonds. The summed E-state index contributed by atoms with van der Waals surface area (Å²) in [4.78, 5) is 19.4. The zero-order valence-corrected chi connectivity index (χ0v) is 10.9. The van der Waals surface area contributed by atoms with Crippen LogP contribution >= 0.6 is 0 Å². The van der Waals surface area contributed by atoms with E-state index < -0.39 is 0 Å². The van der Waals surface area contributed by atoms with Crippen LogP contribution in [0.2, 0.25) is 0 Å². The number of aromatic amines is 1. The molecule has 0 spiro atoms. The van der Waals surface area contributed by atoms with Crippen molar-refractivity contribution >= 4 is 27.8 Å². The number of rotatable bonds is 2. The molecule has 4 nitrogen and oxygen atoms in total. The fourth-order valence-electron chi connectivity index (χ4n) is 2.53. The highest BCUT2D eigenvalue weighted by Gasteiger charge is 2.18. The van der Waals surface area contributed by atoms with Crippen LogP contribution in [0.3, 0.4) is 0 Å². The van der Waals surface area contributed by atoms with Crippen LogP contribution in [-0.4, -0.2) is 23.0 Å². The van der Waals surface area contributed by atoms with E-state index in [9.17, 15) is 4.79 Å². The summed E-state index contributed by atoms with van der Waals surface area (Å²) in [7, 11) is 1.38. The highest BCUT2D eigenvalue weighted by Crippen LogP contribution is 2.29. The zero-order chi connectivity index (χ0) is 13.4. The third-order valence-corrected chi connectivity index (χ3v) is 3.38. The van der Waals surface area contributed by atoms with Gasteiger partial charge in [0, 0.05) is 16.3 Å². The van der Waals surface area contributed by atoms with Crippen LogP contribution in [-0.2, 0) is 11.2 Å². The second-order valence-electron chi connectivity index (χ2n) is 4.39. The van der Waals surface area contributed by atoms with Crippen molar-refractivity contribution in [2.24, 2.45) is 0 Å². The average Bonchev–Trinajstić information content (AvgIpc) is 2.84. The summed E-state index contributed by atoms with van der Waals surface area (Å²) in [6.07, 6.45) is 2.43. The Hall–Kier alpha value is -2.36. The van der Waals surface area contributed by atoms with Gasteiger partial charge in [-0.25, -0.2) is 9.78 Å². The van der Waals surface area contributed by atoms with Crippen molar-refractivity contribution in [3.8, 4) is 0 Å². The van der Waals surface area contributed by atoms with E-state index in [4.69, 9.17) is 4.74 Å². The number of fused-ring (bicyclic) bond motifs is 3. The summed E-state index contributed by atoms with van der Waals surface area (Å²) in [5.74, 6) is -0.385. The van der Waals surface area contributed by atoms with Gasteiger partial charge in [-0.05, 0) is 18.1 Å². The number of aryl methyl sites for hydroxylation is 1. The van der Waals surface area contributed by atoms with Gasteiger partial charge in [0.15, 0.2) is 5.69 Å². The predicted molar refractivity (Wildman–Crippen MR) is 74.3 cm³/mol. The summed E-state index contributed by atoms with van der Waals surface area (Å²) in [5.41, 5.74) is 3.34. The average molecular weight is 254 g/mol. The van der Waals surface area contributed by atoms with Crippen molar-refractivity contribution in [2.75, 3.05) is 7.11 Å². The topological polar surface area (TPSA) is 55.0 Å². The van der Waals surface area contributed by atoms with Gasteiger partial charge in [-0.2, -0.15) is 0 Å². The quantitative estimate of drug-likeness (QED) is 0.715. The van der Waals surface area contributed by atoms with Gasteiger partial charge in [0.2, 0.25) is 0 Å². The van der Waals surface area contributed by atoms with E-state index in [-0.39, 0.29) is 5.97 Å². The summed E-state index contributed by atoms with van der Waals surface area (Å²) in [6.45, 7) is 2.02. The Morgan fingerprint density at radius 1 is 1.32 bits per heavy atom. The van der Waals surface area contributed by atoms with E-state index in [2.05, 4.69) is 9.97 Å². The predicted octanol–water partition coefficient (Wildman–Crippen LogP) is 3.07. The van der Waals surface area contributed by atoms with Crippen molar-refractivity contribution in [3.63, 3.8) is 0 Å². The molecule has 3 rings (SSSR count). The molecule has 2 aromatic heterocycles. The lowest BCUT2D eigenvalue weighted by molar-refractivity contribution is 0.0593. The standard InChI is InChI=1S/C15H14N2O2/c1-3-9-13-10-6-4-5-7-11(10)17-12(13)8-16-14(9)15(18)19-2/h4-8,17H,3H2,1-2H3. The molecule has 0 atom stereocenters. The molecule has 1 aromatic carbocycles. The van der Waals surface area contributed by atoms with Gasteiger partial charge in [0.25, 0.3) is 0 Å². The summed E-state index contributed by atoms with van der Waals surface area (Å²) in [6, 6.07) is 8.05. The SMILES string of the molecule is CCc1c(C(=O)OC)ncc2[nH]c3ccccc3c12. The van der Waals surface area contributed by atoms with Crippen LogP contribution in [0, 0.1) is 0 Å². The highest BCUT2D eigenvalue weighted by atomic mass is 16.5. The zero-order valence-electron chi connectivity index (χ0n) is 10.9. The summed E-state index contributed by atoms with van der Waals surface area (Å²) >= 11 is 0. The van der Waals surface area contributed by atoms with Crippen LogP contribution in [0.4, 0.5) is 0 Å². The maximum absolute atomic E-state index is 11.8. The first-order valence-corrected chi connectivity index (χ1v) is 6.22. The molecular formula is C15H14N2O2. The van der Waals surface area contributed by atoms with Crippen LogP contribution < -0.4 is 0 Å². The maximum Gasteiger partial charge on any atom is 0.356 e. The Kier molecular flexibility index (Phi) is 2.71. The van der Waals surface area contributed by atoms with E-state index in [1.807, 2.05) is 31.2 Å². The normalized spacial score (nSPS) is 11.1. The third-order valence-electron chi connectivity index (χ3n) is 3.38. The Balaban J connectivity index is 2.44. The Morgan fingerprint density at radius 2 is 2.11 bits per heavy atom. The van der Waals surface area contributed by atoms with Crippen molar-refractivity contribution in [1.82, 2.24) is 9.97 Å². The molecule has 1 N–H and O–H groups in total. The molecule has 0 bridgehead atoms. The van der Waals surface area contributed by atoms with Gasteiger partial charge in [0.1, 0.15) is 0 Å². The molecule has 0 saturated heterocycles. The Bertz CT molecular complexity index is 774. The van der Waals surface area contributed by atoms with Crippen LogP contribution in [0.5, 0.6) is 0 Å². The summed E-state index contributed by atoms with van der Waals surface area (Å²) in [5, 5.41) is 2.18. The monoisotopic (exact) mass is 254 g/mol. The fourth-order valence-corrected chi connectivity index (χ4v) is 2.53. The van der Waals surface area contributed by atoms with E-state index >= 15 is 0 Å².